The molecule has 138 valence electrons. The average molecular weight is 424 g/mol. The fourth-order valence-corrected chi connectivity index (χ4v) is 4.08. The van der Waals surface area contributed by atoms with E-state index in [4.69, 9.17) is 23.8 Å². The summed E-state index contributed by atoms with van der Waals surface area (Å²) in [5.41, 5.74) is 3.01. The molecular weight excluding hydrogens is 410 g/mol. The van der Waals surface area contributed by atoms with Crippen LogP contribution in [0.1, 0.15) is 10.4 Å². The van der Waals surface area contributed by atoms with Gasteiger partial charge < -0.3 is 5.32 Å². The van der Waals surface area contributed by atoms with Crippen LogP contribution in [0.15, 0.2) is 72.8 Å². The van der Waals surface area contributed by atoms with Gasteiger partial charge in [-0.25, -0.2) is 4.98 Å². The number of nitrogens with one attached hydrogen (secondary N) is 2. The standard InChI is InChI=1S/C21H14ClN3OS2/c22-14-10-11-16(24-21(27)25-19(26)13-6-2-1-3-7-13)15(12-14)20-23-17-8-4-5-9-18(17)28-20/h1-12H,(H2,24,25,26,27). The third-order valence-electron chi connectivity index (χ3n) is 4.02. The topological polar surface area (TPSA) is 54.0 Å². The van der Waals surface area contributed by atoms with E-state index in [0.29, 0.717) is 10.6 Å². The molecule has 0 aliphatic carbocycles. The van der Waals surface area contributed by atoms with Gasteiger partial charge in [-0.15, -0.1) is 11.3 Å². The predicted molar refractivity (Wildman–Crippen MR) is 120 cm³/mol. The molecule has 4 nitrogen and oxygen atoms in total. The van der Waals surface area contributed by atoms with Gasteiger partial charge in [0.25, 0.3) is 5.91 Å². The number of halogens is 1. The molecule has 0 spiro atoms. The summed E-state index contributed by atoms with van der Waals surface area (Å²) in [7, 11) is 0. The summed E-state index contributed by atoms with van der Waals surface area (Å²) in [4.78, 5) is 17.0. The monoisotopic (exact) mass is 423 g/mol. The van der Waals surface area contributed by atoms with Crippen molar-refractivity contribution in [1.82, 2.24) is 10.3 Å². The Morgan fingerprint density at radius 2 is 1.75 bits per heavy atom. The zero-order valence-corrected chi connectivity index (χ0v) is 16.9. The Hall–Kier alpha value is -2.80. The zero-order valence-electron chi connectivity index (χ0n) is 14.5. The third-order valence-corrected chi connectivity index (χ3v) is 5.53. The van der Waals surface area contributed by atoms with E-state index in [9.17, 15) is 4.79 Å². The van der Waals surface area contributed by atoms with E-state index < -0.39 is 0 Å². The minimum Gasteiger partial charge on any atom is -0.332 e. The van der Waals surface area contributed by atoms with Gasteiger partial charge in [0.05, 0.1) is 15.9 Å². The number of hydrogen-bond donors (Lipinski definition) is 2. The summed E-state index contributed by atoms with van der Waals surface area (Å²) in [6.45, 7) is 0. The Balaban J connectivity index is 1.60. The minimum atomic E-state index is -0.270. The Kier molecular flexibility index (Phi) is 5.34. The van der Waals surface area contributed by atoms with Gasteiger partial charge in [-0.2, -0.15) is 0 Å². The van der Waals surface area contributed by atoms with Crippen molar-refractivity contribution in [3.63, 3.8) is 0 Å². The molecule has 1 aromatic heterocycles. The molecule has 0 aliphatic rings. The Morgan fingerprint density at radius 1 is 1.00 bits per heavy atom. The summed E-state index contributed by atoms with van der Waals surface area (Å²) in [5.74, 6) is -0.270. The molecule has 1 amide bonds. The number of rotatable bonds is 3. The van der Waals surface area contributed by atoms with E-state index >= 15 is 0 Å². The molecule has 0 aliphatic heterocycles. The highest BCUT2D eigenvalue weighted by atomic mass is 35.5. The lowest BCUT2D eigenvalue weighted by molar-refractivity contribution is 0.0977. The highest BCUT2D eigenvalue weighted by Crippen LogP contribution is 2.36. The van der Waals surface area contributed by atoms with Crippen LogP contribution < -0.4 is 10.6 Å². The van der Waals surface area contributed by atoms with Crippen LogP contribution in [0.2, 0.25) is 5.02 Å². The van der Waals surface area contributed by atoms with Gasteiger partial charge in [-0.3, -0.25) is 10.1 Å². The highest BCUT2D eigenvalue weighted by Gasteiger charge is 2.14. The number of carbonyl (C=O) groups is 1. The first-order valence-electron chi connectivity index (χ1n) is 8.43. The summed E-state index contributed by atoms with van der Waals surface area (Å²) < 4.78 is 1.09. The number of thiazole rings is 1. The highest BCUT2D eigenvalue weighted by molar-refractivity contribution is 7.80. The molecule has 0 saturated heterocycles. The number of amides is 1. The number of benzene rings is 3. The lowest BCUT2D eigenvalue weighted by atomic mass is 10.2. The van der Waals surface area contributed by atoms with Crippen molar-refractivity contribution in [2.24, 2.45) is 0 Å². The molecule has 0 bridgehead atoms. The molecule has 0 radical (unpaired) electrons. The molecular formula is C21H14ClN3OS2. The molecule has 0 unspecified atom stereocenters. The van der Waals surface area contributed by atoms with Crippen molar-refractivity contribution in [3.8, 4) is 10.6 Å². The van der Waals surface area contributed by atoms with Gasteiger partial charge >= 0.3 is 0 Å². The Labute approximate surface area is 176 Å². The molecule has 2 N–H and O–H groups in total. The maximum atomic E-state index is 12.3. The first-order chi connectivity index (χ1) is 13.6. The van der Waals surface area contributed by atoms with E-state index in [2.05, 4.69) is 15.6 Å². The van der Waals surface area contributed by atoms with Crippen molar-refractivity contribution in [2.75, 3.05) is 5.32 Å². The Morgan fingerprint density at radius 3 is 2.54 bits per heavy atom. The van der Waals surface area contributed by atoms with Crippen LogP contribution in [0.3, 0.4) is 0 Å². The molecule has 28 heavy (non-hydrogen) atoms. The average Bonchev–Trinajstić information content (AvgIpc) is 3.14. The second kappa shape index (κ2) is 8.06. The van der Waals surface area contributed by atoms with Gasteiger partial charge in [-0.1, -0.05) is 41.9 Å². The fourth-order valence-electron chi connectivity index (χ4n) is 2.71. The number of fused-ring (bicyclic) bond motifs is 1. The van der Waals surface area contributed by atoms with E-state index in [1.807, 2.05) is 42.5 Å². The normalized spacial score (nSPS) is 10.6. The van der Waals surface area contributed by atoms with Crippen molar-refractivity contribution < 1.29 is 4.79 Å². The largest absolute Gasteiger partial charge is 0.332 e. The second-order valence-electron chi connectivity index (χ2n) is 5.95. The van der Waals surface area contributed by atoms with E-state index in [1.165, 1.54) is 0 Å². The van der Waals surface area contributed by atoms with Gasteiger partial charge in [0.15, 0.2) is 5.11 Å². The van der Waals surface area contributed by atoms with Crippen molar-refractivity contribution in [1.29, 1.82) is 0 Å². The number of aromatic nitrogens is 1. The zero-order chi connectivity index (χ0) is 19.5. The fraction of sp³-hybridized carbons (Fsp3) is 0. The van der Waals surface area contributed by atoms with Crippen molar-refractivity contribution >= 4 is 62.1 Å². The van der Waals surface area contributed by atoms with Crippen LogP contribution in [0.5, 0.6) is 0 Å². The molecule has 4 aromatic rings. The molecule has 0 fully saturated rings. The number of thiocarbonyl (C=S) groups is 1. The van der Waals surface area contributed by atoms with Crippen LogP contribution in [-0.4, -0.2) is 16.0 Å². The van der Waals surface area contributed by atoms with E-state index in [-0.39, 0.29) is 11.0 Å². The number of nitrogens with zero attached hydrogens (tertiary/aromatic N) is 1. The van der Waals surface area contributed by atoms with Gasteiger partial charge in [0.1, 0.15) is 5.01 Å². The maximum Gasteiger partial charge on any atom is 0.257 e. The lowest BCUT2D eigenvalue weighted by Crippen LogP contribution is -2.34. The van der Waals surface area contributed by atoms with Crippen LogP contribution in [0.25, 0.3) is 20.8 Å². The molecule has 4 rings (SSSR count). The van der Waals surface area contributed by atoms with Gasteiger partial charge in [0.2, 0.25) is 0 Å². The van der Waals surface area contributed by atoms with E-state index in [1.54, 1.807) is 41.7 Å². The van der Waals surface area contributed by atoms with Crippen LogP contribution in [-0.2, 0) is 0 Å². The number of para-hydroxylation sites is 1. The summed E-state index contributed by atoms with van der Waals surface area (Å²) in [6.07, 6.45) is 0. The van der Waals surface area contributed by atoms with E-state index in [0.717, 1.165) is 26.5 Å². The Bertz CT molecular complexity index is 1140. The molecule has 1 heterocycles. The quantitative estimate of drug-likeness (QED) is 0.412. The number of hydrogen-bond acceptors (Lipinski definition) is 4. The maximum absolute atomic E-state index is 12.3. The number of anilines is 1. The molecule has 3 aromatic carbocycles. The minimum absolute atomic E-state index is 0.207. The number of carbonyl (C=O) groups excluding carboxylic acids is 1. The summed E-state index contributed by atoms with van der Waals surface area (Å²) >= 11 is 13.1. The first kappa shape index (κ1) is 18.6. The SMILES string of the molecule is O=C(NC(=S)Nc1ccc(Cl)cc1-c1nc2ccccc2s1)c1ccccc1. The second-order valence-corrected chi connectivity index (χ2v) is 7.83. The van der Waals surface area contributed by atoms with Crippen LogP contribution in [0, 0.1) is 0 Å². The van der Waals surface area contributed by atoms with Gasteiger partial charge in [0, 0.05) is 16.1 Å². The van der Waals surface area contributed by atoms with Gasteiger partial charge in [-0.05, 0) is 54.7 Å². The smallest absolute Gasteiger partial charge is 0.257 e. The van der Waals surface area contributed by atoms with Crippen molar-refractivity contribution in [2.45, 2.75) is 0 Å². The predicted octanol–water partition coefficient (Wildman–Crippen LogP) is 5.74. The molecule has 0 saturated carbocycles. The summed E-state index contributed by atoms with van der Waals surface area (Å²) in [5, 5.41) is 7.41. The third kappa shape index (κ3) is 4.04. The molecule has 0 atom stereocenters. The first-order valence-corrected chi connectivity index (χ1v) is 10.0. The van der Waals surface area contributed by atoms with Crippen LogP contribution in [0.4, 0.5) is 5.69 Å². The van der Waals surface area contributed by atoms with Crippen LogP contribution >= 0.6 is 35.2 Å². The molecule has 7 heteroatoms. The van der Waals surface area contributed by atoms with Crippen molar-refractivity contribution in [3.05, 3.63) is 83.4 Å². The summed E-state index contributed by atoms with van der Waals surface area (Å²) in [6, 6.07) is 22.3. The lowest BCUT2D eigenvalue weighted by Gasteiger charge is -2.13.